The van der Waals surface area contributed by atoms with Gasteiger partial charge < -0.3 is 5.11 Å². The first kappa shape index (κ1) is 13.0. The smallest absolute Gasteiger partial charge is 0.0837 e. The average molecular weight is 337 g/mol. The van der Waals surface area contributed by atoms with E-state index in [1.54, 1.807) is 0 Å². The van der Waals surface area contributed by atoms with Gasteiger partial charge in [-0.15, -0.1) is 0 Å². The van der Waals surface area contributed by atoms with E-state index in [4.69, 9.17) is 11.6 Å². The van der Waals surface area contributed by atoms with Crippen LogP contribution in [0.15, 0.2) is 30.4 Å². The van der Waals surface area contributed by atoms with Crippen LogP contribution in [0.4, 0.5) is 0 Å². The fourth-order valence-electron chi connectivity index (χ4n) is 1.30. The Morgan fingerprint density at radius 1 is 1.60 bits per heavy atom. The molecule has 0 aromatic heterocycles. The van der Waals surface area contributed by atoms with Gasteiger partial charge in [-0.1, -0.05) is 30.7 Å². The molecular formula is C12H14ClIO. The second-order valence-electron chi connectivity index (χ2n) is 3.49. The molecule has 0 aliphatic rings. The maximum absolute atomic E-state index is 10.0. The number of hydrogen-bond donors (Lipinski definition) is 1. The first-order valence-corrected chi connectivity index (χ1v) is 6.30. The molecular weight excluding hydrogens is 322 g/mol. The molecule has 1 aromatic carbocycles. The molecule has 1 unspecified atom stereocenters. The predicted molar refractivity (Wildman–Crippen MR) is 73.2 cm³/mol. The zero-order valence-electron chi connectivity index (χ0n) is 8.63. The Morgan fingerprint density at radius 3 is 2.87 bits per heavy atom. The topological polar surface area (TPSA) is 20.2 Å². The van der Waals surface area contributed by atoms with Gasteiger partial charge in [-0.05, 0) is 59.2 Å². The highest BCUT2D eigenvalue weighted by Crippen LogP contribution is 2.28. The van der Waals surface area contributed by atoms with Crippen LogP contribution in [-0.4, -0.2) is 5.11 Å². The second-order valence-corrected chi connectivity index (χ2v) is 5.09. The van der Waals surface area contributed by atoms with Gasteiger partial charge >= 0.3 is 0 Å². The van der Waals surface area contributed by atoms with Crippen LogP contribution in [0.1, 0.15) is 31.4 Å². The van der Waals surface area contributed by atoms with Crippen molar-refractivity contribution in [1.82, 2.24) is 0 Å². The van der Waals surface area contributed by atoms with E-state index in [0.29, 0.717) is 11.4 Å². The summed E-state index contributed by atoms with van der Waals surface area (Å²) in [5.74, 6) is 0. The van der Waals surface area contributed by atoms with Crippen LogP contribution >= 0.6 is 34.2 Å². The summed E-state index contributed by atoms with van der Waals surface area (Å²) in [4.78, 5) is 0. The van der Waals surface area contributed by atoms with Crippen molar-refractivity contribution in [3.05, 3.63) is 44.5 Å². The minimum atomic E-state index is -0.497. The highest BCUT2D eigenvalue weighted by Gasteiger charge is 2.12. The summed E-state index contributed by atoms with van der Waals surface area (Å²) >= 11 is 8.10. The van der Waals surface area contributed by atoms with Gasteiger partial charge in [0.1, 0.15) is 0 Å². The molecule has 0 saturated heterocycles. The molecule has 15 heavy (non-hydrogen) atoms. The largest absolute Gasteiger partial charge is 0.388 e. The van der Waals surface area contributed by atoms with Gasteiger partial charge in [0.15, 0.2) is 0 Å². The fourth-order valence-corrected chi connectivity index (χ4v) is 2.17. The van der Waals surface area contributed by atoms with Crippen LogP contribution in [0.3, 0.4) is 0 Å². The third kappa shape index (κ3) is 3.78. The normalized spacial score (nSPS) is 12.5. The van der Waals surface area contributed by atoms with E-state index in [0.717, 1.165) is 21.1 Å². The molecule has 0 radical (unpaired) electrons. The lowest BCUT2D eigenvalue weighted by Crippen LogP contribution is -2.01. The molecule has 0 aliphatic heterocycles. The summed E-state index contributed by atoms with van der Waals surface area (Å²) in [7, 11) is 0. The number of hydrogen-bond acceptors (Lipinski definition) is 1. The summed E-state index contributed by atoms with van der Waals surface area (Å²) < 4.78 is 1.04. The molecule has 3 heteroatoms. The Labute approximate surface area is 109 Å². The second kappa shape index (κ2) is 5.87. The summed E-state index contributed by atoms with van der Waals surface area (Å²) in [5, 5.41) is 10.7. The van der Waals surface area contributed by atoms with Crippen LogP contribution in [-0.2, 0) is 0 Å². The average Bonchev–Trinajstić information content (AvgIpc) is 2.21. The van der Waals surface area contributed by atoms with Crippen molar-refractivity contribution >= 4 is 34.2 Å². The highest BCUT2D eigenvalue weighted by molar-refractivity contribution is 14.1. The third-order valence-electron chi connectivity index (χ3n) is 2.30. The lowest BCUT2D eigenvalue weighted by Gasteiger charge is -2.14. The standard InChI is InChI=1S/C12H14ClIO/c1-3-8(2)6-12(15)10-7-9(13)4-5-11(10)14/h4-5,7,12,15H,2-3,6H2,1H3. The monoisotopic (exact) mass is 336 g/mol. The molecule has 1 atom stereocenters. The van der Waals surface area contributed by atoms with E-state index in [-0.39, 0.29) is 0 Å². The maximum Gasteiger partial charge on any atom is 0.0837 e. The Kier molecular flexibility index (Phi) is 5.09. The molecule has 1 rings (SSSR count). The highest BCUT2D eigenvalue weighted by atomic mass is 127. The number of aliphatic hydroxyl groups is 1. The van der Waals surface area contributed by atoms with Crippen molar-refractivity contribution in [1.29, 1.82) is 0 Å². The number of aliphatic hydroxyl groups excluding tert-OH is 1. The van der Waals surface area contributed by atoms with Gasteiger partial charge in [-0.2, -0.15) is 0 Å². The quantitative estimate of drug-likeness (QED) is 0.641. The van der Waals surface area contributed by atoms with Gasteiger partial charge in [0.25, 0.3) is 0 Å². The third-order valence-corrected chi connectivity index (χ3v) is 3.52. The van der Waals surface area contributed by atoms with Gasteiger partial charge in [0.05, 0.1) is 6.10 Å². The van der Waals surface area contributed by atoms with Crippen LogP contribution in [0.2, 0.25) is 5.02 Å². The molecule has 1 nitrogen and oxygen atoms in total. The number of benzene rings is 1. The summed E-state index contributed by atoms with van der Waals surface area (Å²) in [6.07, 6.45) is 1.00. The number of halogens is 2. The minimum absolute atomic E-state index is 0.497. The Balaban J connectivity index is 2.85. The number of rotatable bonds is 4. The van der Waals surface area contributed by atoms with Crippen molar-refractivity contribution < 1.29 is 5.11 Å². The van der Waals surface area contributed by atoms with Gasteiger partial charge in [0, 0.05) is 8.59 Å². The van der Waals surface area contributed by atoms with Crippen molar-refractivity contribution in [2.24, 2.45) is 0 Å². The van der Waals surface area contributed by atoms with Crippen molar-refractivity contribution in [2.75, 3.05) is 0 Å². The van der Waals surface area contributed by atoms with Crippen molar-refractivity contribution in [3.8, 4) is 0 Å². The lowest BCUT2D eigenvalue weighted by molar-refractivity contribution is 0.176. The van der Waals surface area contributed by atoms with Gasteiger partial charge in [0.2, 0.25) is 0 Å². The first-order valence-electron chi connectivity index (χ1n) is 4.84. The molecule has 1 N–H and O–H groups in total. The molecule has 0 bridgehead atoms. The molecule has 0 amide bonds. The first-order chi connectivity index (χ1) is 7.04. The Hall–Kier alpha value is -0.0600. The Morgan fingerprint density at radius 2 is 2.27 bits per heavy atom. The van der Waals surface area contributed by atoms with E-state index < -0.39 is 6.10 Å². The van der Waals surface area contributed by atoms with E-state index in [1.807, 2.05) is 25.1 Å². The summed E-state index contributed by atoms with van der Waals surface area (Å²) in [6.45, 7) is 5.93. The van der Waals surface area contributed by atoms with E-state index >= 15 is 0 Å². The summed E-state index contributed by atoms with van der Waals surface area (Å²) in [6, 6.07) is 5.56. The summed E-state index contributed by atoms with van der Waals surface area (Å²) in [5.41, 5.74) is 1.94. The molecule has 0 fully saturated rings. The fraction of sp³-hybridized carbons (Fsp3) is 0.333. The zero-order chi connectivity index (χ0) is 11.4. The van der Waals surface area contributed by atoms with Crippen LogP contribution in [0.5, 0.6) is 0 Å². The van der Waals surface area contributed by atoms with Crippen molar-refractivity contribution in [2.45, 2.75) is 25.9 Å². The van der Waals surface area contributed by atoms with Crippen LogP contribution < -0.4 is 0 Å². The van der Waals surface area contributed by atoms with Gasteiger partial charge in [-0.3, -0.25) is 0 Å². The van der Waals surface area contributed by atoms with Gasteiger partial charge in [-0.25, -0.2) is 0 Å². The minimum Gasteiger partial charge on any atom is -0.388 e. The van der Waals surface area contributed by atoms with Crippen LogP contribution in [0, 0.1) is 3.57 Å². The molecule has 82 valence electrons. The molecule has 0 saturated carbocycles. The molecule has 0 spiro atoms. The SMILES string of the molecule is C=C(CC)CC(O)c1cc(Cl)ccc1I. The predicted octanol–water partition coefficient (Wildman–Crippen LogP) is 4.33. The zero-order valence-corrected chi connectivity index (χ0v) is 11.5. The van der Waals surface area contributed by atoms with E-state index in [1.165, 1.54) is 0 Å². The van der Waals surface area contributed by atoms with Crippen molar-refractivity contribution in [3.63, 3.8) is 0 Å². The maximum atomic E-state index is 10.0. The van der Waals surface area contributed by atoms with E-state index in [9.17, 15) is 5.11 Å². The lowest BCUT2D eigenvalue weighted by atomic mass is 10.0. The van der Waals surface area contributed by atoms with E-state index in [2.05, 4.69) is 29.2 Å². The molecule has 0 heterocycles. The molecule has 0 aliphatic carbocycles. The molecule has 1 aromatic rings. The Bertz CT molecular complexity index is 363. The van der Waals surface area contributed by atoms with Crippen LogP contribution in [0.25, 0.3) is 0 Å².